The molecule has 0 radical (unpaired) electrons. The van der Waals surface area contributed by atoms with Crippen LogP contribution in [0.3, 0.4) is 0 Å². The highest BCUT2D eigenvalue weighted by molar-refractivity contribution is 5.96. The average Bonchev–Trinajstić information content (AvgIpc) is 3.02. The maximum Gasteiger partial charge on any atom is 0.378 e. The van der Waals surface area contributed by atoms with Crippen molar-refractivity contribution in [2.24, 2.45) is 0 Å². The van der Waals surface area contributed by atoms with Gasteiger partial charge in [-0.3, -0.25) is 0 Å². The van der Waals surface area contributed by atoms with E-state index in [0.717, 1.165) is 47.6 Å². The highest BCUT2D eigenvalue weighted by atomic mass is 16.3. The number of rotatable bonds is 3. The molecule has 0 heterocycles. The van der Waals surface area contributed by atoms with E-state index >= 15 is 0 Å². The number of aryl methyl sites for hydroxylation is 2. The molecule has 0 atom stereocenters. The van der Waals surface area contributed by atoms with Crippen molar-refractivity contribution in [1.82, 2.24) is 0 Å². The molecule has 1 aliphatic rings. The molecule has 0 amide bonds. The fraction of sp³-hybridized carbons (Fsp3) is 0.250. The number of fused-ring (bicyclic) bond motifs is 2. The molecular weight excluding hydrogens is 516 g/mol. The van der Waals surface area contributed by atoms with E-state index in [9.17, 15) is 15.3 Å². The summed E-state index contributed by atoms with van der Waals surface area (Å²) in [7, 11) is 0. The summed E-state index contributed by atoms with van der Waals surface area (Å²) in [6.45, 7) is 6.08. The van der Waals surface area contributed by atoms with Gasteiger partial charge in [-0.25, -0.2) is 0 Å². The minimum Gasteiger partial charge on any atom is -0.870 e. The molecular formula is C32H30N6O3. The van der Waals surface area contributed by atoms with Crippen LogP contribution in [0.15, 0.2) is 83.8 Å². The SMILES string of the molecule is CCC1=CC([N+]#N)=C([O-])CC1.CCc1cc([N+]#N)c([O-])c2ccccc12.CCc1cccc2c([O-])c([N+]#N)ccc12. The first kappa shape index (κ1) is 30.1. The quantitative estimate of drug-likeness (QED) is 0.243. The summed E-state index contributed by atoms with van der Waals surface area (Å²) in [5.74, 6) is -0.500. The average molecular weight is 547 g/mol. The number of hydrogen-bond donors (Lipinski definition) is 0. The Balaban J connectivity index is 0.000000172. The third kappa shape index (κ3) is 6.76. The van der Waals surface area contributed by atoms with Crippen molar-refractivity contribution in [2.45, 2.75) is 52.9 Å². The lowest BCUT2D eigenvalue weighted by molar-refractivity contribution is -0.308. The first-order valence-corrected chi connectivity index (χ1v) is 13.4. The van der Waals surface area contributed by atoms with Gasteiger partial charge in [-0.15, -0.1) is 0 Å². The highest BCUT2D eigenvalue weighted by Gasteiger charge is 2.15. The smallest absolute Gasteiger partial charge is 0.378 e. The molecule has 0 saturated carbocycles. The van der Waals surface area contributed by atoms with Gasteiger partial charge in [-0.2, -0.15) is 0 Å². The molecule has 4 aromatic carbocycles. The summed E-state index contributed by atoms with van der Waals surface area (Å²) in [6.07, 6.45) is 5.58. The Morgan fingerprint density at radius 3 is 1.78 bits per heavy atom. The number of nitrogens with zero attached hydrogens (tertiary/aromatic N) is 6. The molecule has 0 fully saturated rings. The van der Waals surface area contributed by atoms with Crippen LogP contribution in [0.1, 0.15) is 51.2 Å². The second kappa shape index (κ2) is 14.1. The van der Waals surface area contributed by atoms with Gasteiger partial charge in [0.05, 0.1) is 0 Å². The van der Waals surface area contributed by atoms with Crippen molar-refractivity contribution in [1.29, 1.82) is 16.2 Å². The van der Waals surface area contributed by atoms with Gasteiger partial charge in [0.1, 0.15) is 0 Å². The van der Waals surface area contributed by atoms with Gasteiger partial charge in [-0.1, -0.05) is 68.8 Å². The Hall–Kier alpha value is -5.46. The summed E-state index contributed by atoms with van der Waals surface area (Å²) >= 11 is 0. The van der Waals surface area contributed by atoms with E-state index in [4.69, 9.17) is 16.2 Å². The van der Waals surface area contributed by atoms with Crippen LogP contribution >= 0.6 is 0 Å². The van der Waals surface area contributed by atoms with Crippen LogP contribution in [0, 0.1) is 16.2 Å². The van der Waals surface area contributed by atoms with Gasteiger partial charge in [0.2, 0.25) is 16.2 Å². The van der Waals surface area contributed by atoms with Gasteiger partial charge < -0.3 is 15.3 Å². The van der Waals surface area contributed by atoms with Gasteiger partial charge in [0.25, 0.3) is 0 Å². The topological polar surface area (TPSA) is 154 Å². The second-order valence-electron chi connectivity index (χ2n) is 9.33. The molecule has 0 aliphatic heterocycles. The van der Waals surface area contributed by atoms with E-state index in [1.54, 1.807) is 30.3 Å². The fourth-order valence-electron chi connectivity index (χ4n) is 4.66. The maximum absolute atomic E-state index is 11.8. The van der Waals surface area contributed by atoms with Crippen molar-refractivity contribution in [2.75, 3.05) is 0 Å². The number of diazo groups is 3. The van der Waals surface area contributed by atoms with Crippen molar-refractivity contribution in [3.63, 3.8) is 0 Å². The molecule has 41 heavy (non-hydrogen) atoms. The van der Waals surface area contributed by atoms with Crippen LogP contribution in [-0.4, -0.2) is 0 Å². The Bertz CT molecular complexity index is 1750. The summed E-state index contributed by atoms with van der Waals surface area (Å²) in [6, 6.07) is 18.0. The first-order chi connectivity index (χ1) is 19.8. The largest absolute Gasteiger partial charge is 0.870 e. The molecule has 9 heteroatoms. The van der Waals surface area contributed by atoms with Crippen molar-refractivity contribution in [3.05, 3.63) is 110 Å². The van der Waals surface area contributed by atoms with E-state index in [2.05, 4.69) is 14.9 Å². The van der Waals surface area contributed by atoms with Gasteiger partial charge >= 0.3 is 17.1 Å². The van der Waals surface area contributed by atoms with Crippen molar-refractivity contribution in [3.8, 4) is 11.5 Å². The number of benzene rings is 4. The van der Waals surface area contributed by atoms with Crippen molar-refractivity contribution >= 4 is 32.9 Å². The van der Waals surface area contributed by atoms with E-state index in [1.165, 1.54) is 5.57 Å². The Kier molecular flexibility index (Phi) is 10.3. The lowest BCUT2D eigenvalue weighted by atomic mass is 10.00. The normalized spacial score (nSPS) is 12.1. The van der Waals surface area contributed by atoms with Gasteiger partial charge in [-0.05, 0) is 88.1 Å². The van der Waals surface area contributed by atoms with Gasteiger partial charge in [0.15, 0.2) is 14.9 Å². The Labute approximate surface area is 238 Å². The minimum absolute atomic E-state index is 0.0651. The predicted octanol–water partition coefficient (Wildman–Crippen LogP) is 7.46. The van der Waals surface area contributed by atoms with Crippen LogP contribution in [0.25, 0.3) is 36.5 Å². The molecule has 0 unspecified atom stereocenters. The van der Waals surface area contributed by atoms with Crippen LogP contribution in [0.5, 0.6) is 11.5 Å². The molecule has 0 spiro atoms. The zero-order valence-electron chi connectivity index (χ0n) is 23.3. The zero-order chi connectivity index (χ0) is 29.9. The molecule has 4 aromatic rings. The first-order valence-electron chi connectivity index (χ1n) is 13.4. The molecule has 0 N–H and O–H groups in total. The number of allylic oxidation sites excluding steroid dienone is 3. The fourth-order valence-corrected chi connectivity index (χ4v) is 4.66. The molecule has 9 nitrogen and oxygen atoms in total. The third-order valence-corrected chi connectivity index (χ3v) is 6.98. The molecule has 5 rings (SSSR count). The summed E-state index contributed by atoms with van der Waals surface area (Å²) < 4.78 is 0. The Morgan fingerprint density at radius 2 is 1.20 bits per heavy atom. The molecule has 1 aliphatic carbocycles. The lowest BCUT2D eigenvalue weighted by Crippen LogP contribution is -2.09. The third-order valence-electron chi connectivity index (χ3n) is 6.98. The molecule has 0 saturated heterocycles. The van der Waals surface area contributed by atoms with Gasteiger partial charge in [0, 0.05) is 18.2 Å². The molecule has 206 valence electrons. The standard InChI is InChI=1S/2C12H10N2O.C8H10N2O/c1-2-8-4-3-5-10-9(8)6-7-11(14-13)12(10)15;1-2-8-7-11(14-13)12(15)10-6-4-3-5-9(8)10;1-2-6-3-4-8(11)7(5-6)10-9/h2*3-7H,2H2,1H3;5H,2-4H2,1H3. The van der Waals surface area contributed by atoms with E-state index in [1.807, 2.05) is 57.2 Å². The zero-order valence-corrected chi connectivity index (χ0v) is 23.3. The number of hydrogen-bond acceptors (Lipinski definition) is 6. The van der Waals surface area contributed by atoms with Crippen LogP contribution in [0.4, 0.5) is 11.4 Å². The molecule has 0 bridgehead atoms. The second-order valence-corrected chi connectivity index (χ2v) is 9.33. The van der Waals surface area contributed by atoms with E-state index < -0.39 is 0 Å². The van der Waals surface area contributed by atoms with Crippen LogP contribution < -0.4 is 15.3 Å². The Morgan fingerprint density at radius 1 is 0.610 bits per heavy atom. The van der Waals surface area contributed by atoms with E-state index in [0.29, 0.717) is 17.2 Å². The summed E-state index contributed by atoms with van der Waals surface area (Å²) in [4.78, 5) is 8.90. The molecule has 0 aromatic heterocycles. The predicted molar refractivity (Wildman–Crippen MR) is 155 cm³/mol. The van der Waals surface area contributed by atoms with Crippen LogP contribution in [-0.2, 0) is 12.8 Å². The lowest BCUT2D eigenvalue weighted by Gasteiger charge is -2.13. The monoisotopic (exact) mass is 546 g/mol. The summed E-state index contributed by atoms with van der Waals surface area (Å²) in [5.41, 5.74) is 3.75. The summed E-state index contributed by atoms with van der Waals surface area (Å²) in [5, 5.41) is 63.4. The van der Waals surface area contributed by atoms with Crippen molar-refractivity contribution < 1.29 is 15.3 Å². The minimum atomic E-state index is -0.217. The van der Waals surface area contributed by atoms with Crippen LogP contribution in [0.2, 0.25) is 0 Å². The highest BCUT2D eigenvalue weighted by Crippen LogP contribution is 2.35. The maximum atomic E-state index is 11.8. The van der Waals surface area contributed by atoms with E-state index in [-0.39, 0.29) is 34.3 Å².